The molecule has 3 nitrogen and oxygen atoms in total. The molecule has 0 radical (unpaired) electrons. The van der Waals surface area contributed by atoms with Gasteiger partial charge in [0.25, 0.3) is 0 Å². The molecule has 1 aromatic rings. The Hall–Kier alpha value is -1.51. The van der Waals surface area contributed by atoms with Gasteiger partial charge in [-0.25, -0.2) is 0 Å². The predicted octanol–water partition coefficient (Wildman–Crippen LogP) is 3.44. The molecule has 0 aliphatic carbocycles. The molecule has 1 aromatic carbocycles. The third kappa shape index (κ3) is 3.09. The highest BCUT2D eigenvalue weighted by molar-refractivity contribution is 5.94. The molecule has 0 bridgehead atoms. The van der Waals surface area contributed by atoms with Gasteiger partial charge in [0.1, 0.15) is 0 Å². The standard InChI is InChI=1S/C16H24N2O/c1-4-13(5-2)11-17-15-6-7-16-14(10-15)8-9-18(16)12(3)19/h6-7,10,13,17H,4-5,8-9,11H2,1-3H3. The van der Waals surface area contributed by atoms with Crippen LogP contribution in [-0.2, 0) is 11.2 Å². The first-order valence-electron chi connectivity index (χ1n) is 7.30. The van der Waals surface area contributed by atoms with Crippen molar-refractivity contribution in [3.63, 3.8) is 0 Å². The van der Waals surface area contributed by atoms with Crippen LogP contribution in [0.3, 0.4) is 0 Å². The molecule has 0 fully saturated rings. The molecule has 2 rings (SSSR count). The number of anilines is 2. The molecule has 1 N–H and O–H groups in total. The molecule has 1 aliphatic rings. The first kappa shape index (κ1) is 13.9. The van der Waals surface area contributed by atoms with Gasteiger partial charge in [-0.2, -0.15) is 0 Å². The number of hydrogen-bond acceptors (Lipinski definition) is 2. The molecule has 0 saturated carbocycles. The fraction of sp³-hybridized carbons (Fsp3) is 0.562. The summed E-state index contributed by atoms with van der Waals surface area (Å²) in [5, 5.41) is 3.52. The molecule has 0 spiro atoms. The lowest BCUT2D eigenvalue weighted by Crippen LogP contribution is -2.25. The Morgan fingerprint density at radius 3 is 2.74 bits per heavy atom. The quantitative estimate of drug-likeness (QED) is 0.879. The van der Waals surface area contributed by atoms with Gasteiger partial charge in [0, 0.05) is 31.4 Å². The van der Waals surface area contributed by atoms with E-state index in [1.165, 1.54) is 24.1 Å². The van der Waals surface area contributed by atoms with Crippen molar-refractivity contribution in [2.45, 2.75) is 40.0 Å². The minimum Gasteiger partial charge on any atom is -0.385 e. The number of carbonyl (C=O) groups excluding carboxylic acids is 1. The van der Waals surface area contributed by atoms with E-state index in [2.05, 4.69) is 37.4 Å². The summed E-state index contributed by atoms with van der Waals surface area (Å²) in [4.78, 5) is 13.4. The van der Waals surface area contributed by atoms with Crippen molar-refractivity contribution in [2.24, 2.45) is 5.92 Å². The summed E-state index contributed by atoms with van der Waals surface area (Å²) in [7, 11) is 0. The number of hydrogen-bond donors (Lipinski definition) is 1. The second-order valence-electron chi connectivity index (χ2n) is 5.33. The fourth-order valence-electron chi connectivity index (χ4n) is 2.68. The Morgan fingerprint density at radius 2 is 2.11 bits per heavy atom. The van der Waals surface area contributed by atoms with Crippen LogP contribution in [0, 0.1) is 5.92 Å². The van der Waals surface area contributed by atoms with E-state index in [0.29, 0.717) is 0 Å². The highest BCUT2D eigenvalue weighted by Crippen LogP contribution is 2.30. The number of nitrogens with one attached hydrogen (secondary N) is 1. The third-order valence-electron chi connectivity index (χ3n) is 4.10. The third-order valence-corrected chi connectivity index (χ3v) is 4.10. The fourth-order valence-corrected chi connectivity index (χ4v) is 2.68. The number of amides is 1. The van der Waals surface area contributed by atoms with Crippen LogP contribution < -0.4 is 10.2 Å². The minimum atomic E-state index is 0.136. The smallest absolute Gasteiger partial charge is 0.223 e. The molecule has 1 aliphatic heterocycles. The highest BCUT2D eigenvalue weighted by atomic mass is 16.2. The first-order valence-corrected chi connectivity index (χ1v) is 7.30. The molecule has 1 heterocycles. The maximum atomic E-state index is 11.5. The van der Waals surface area contributed by atoms with Gasteiger partial charge in [0.2, 0.25) is 5.91 Å². The zero-order valence-electron chi connectivity index (χ0n) is 12.2. The van der Waals surface area contributed by atoms with Crippen molar-refractivity contribution in [3.8, 4) is 0 Å². The van der Waals surface area contributed by atoms with Crippen LogP contribution in [-0.4, -0.2) is 19.0 Å². The molecular formula is C16H24N2O. The molecule has 0 aromatic heterocycles. The minimum absolute atomic E-state index is 0.136. The van der Waals surface area contributed by atoms with Gasteiger partial charge < -0.3 is 10.2 Å². The second kappa shape index (κ2) is 6.09. The van der Waals surface area contributed by atoms with E-state index in [1.807, 2.05) is 4.90 Å². The predicted molar refractivity (Wildman–Crippen MR) is 80.7 cm³/mol. The van der Waals surface area contributed by atoms with Crippen LogP contribution in [0.2, 0.25) is 0 Å². The van der Waals surface area contributed by atoms with Crippen molar-refractivity contribution in [2.75, 3.05) is 23.3 Å². The Balaban J connectivity index is 2.04. The molecular weight excluding hydrogens is 236 g/mol. The van der Waals surface area contributed by atoms with E-state index in [0.717, 1.165) is 31.1 Å². The van der Waals surface area contributed by atoms with Gasteiger partial charge in [-0.1, -0.05) is 26.7 Å². The van der Waals surface area contributed by atoms with Crippen molar-refractivity contribution in [1.82, 2.24) is 0 Å². The lowest BCUT2D eigenvalue weighted by atomic mass is 10.0. The Morgan fingerprint density at radius 1 is 1.37 bits per heavy atom. The highest BCUT2D eigenvalue weighted by Gasteiger charge is 2.22. The Labute approximate surface area is 116 Å². The molecule has 0 saturated heterocycles. The molecule has 1 amide bonds. The van der Waals surface area contributed by atoms with E-state index >= 15 is 0 Å². The molecule has 0 atom stereocenters. The molecule has 104 valence electrons. The summed E-state index contributed by atoms with van der Waals surface area (Å²) >= 11 is 0. The number of fused-ring (bicyclic) bond motifs is 1. The van der Waals surface area contributed by atoms with Gasteiger partial charge in [-0.15, -0.1) is 0 Å². The first-order chi connectivity index (χ1) is 9.15. The summed E-state index contributed by atoms with van der Waals surface area (Å²) < 4.78 is 0. The van der Waals surface area contributed by atoms with Crippen LogP contribution in [0.25, 0.3) is 0 Å². The Bertz CT molecular complexity index is 452. The largest absolute Gasteiger partial charge is 0.385 e. The van der Waals surface area contributed by atoms with Gasteiger partial charge >= 0.3 is 0 Å². The van der Waals surface area contributed by atoms with Crippen LogP contribution in [0.5, 0.6) is 0 Å². The van der Waals surface area contributed by atoms with Gasteiger partial charge in [0.05, 0.1) is 0 Å². The lowest BCUT2D eigenvalue weighted by Gasteiger charge is -2.17. The second-order valence-corrected chi connectivity index (χ2v) is 5.33. The molecule has 19 heavy (non-hydrogen) atoms. The van der Waals surface area contributed by atoms with E-state index in [9.17, 15) is 4.79 Å². The SMILES string of the molecule is CCC(CC)CNc1ccc2c(c1)CCN2C(C)=O. The molecule has 0 unspecified atom stereocenters. The van der Waals surface area contributed by atoms with Crippen molar-refractivity contribution >= 4 is 17.3 Å². The van der Waals surface area contributed by atoms with E-state index in [4.69, 9.17) is 0 Å². The zero-order valence-corrected chi connectivity index (χ0v) is 12.2. The normalized spacial score (nSPS) is 13.8. The lowest BCUT2D eigenvalue weighted by molar-refractivity contribution is -0.116. The Kier molecular flexibility index (Phi) is 4.46. The topological polar surface area (TPSA) is 32.3 Å². The maximum absolute atomic E-state index is 11.5. The van der Waals surface area contributed by atoms with E-state index in [-0.39, 0.29) is 5.91 Å². The summed E-state index contributed by atoms with van der Waals surface area (Å²) in [6, 6.07) is 6.35. The van der Waals surface area contributed by atoms with Crippen molar-refractivity contribution < 1.29 is 4.79 Å². The van der Waals surface area contributed by atoms with Crippen LogP contribution in [0.1, 0.15) is 39.2 Å². The van der Waals surface area contributed by atoms with Crippen LogP contribution in [0.15, 0.2) is 18.2 Å². The molecule has 3 heteroatoms. The number of carbonyl (C=O) groups is 1. The number of benzene rings is 1. The summed E-state index contributed by atoms with van der Waals surface area (Å²) in [6.45, 7) is 7.96. The van der Waals surface area contributed by atoms with E-state index < -0.39 is 0 Å². The van der Waals surface area contributed by atoms with Crippen LogP contribution in [0.4, 0.5) is 11.4 Å². The van der Waals surface area contributed by atoms with Gasteiger partial charge in [-0.05, 0) is 36.1 Å². The number of rotatable bonds is 5. The zero-order chi connectivity index (χ0) is 13.8. The van der Waals surface area contributed by atoms with Gasteiger partial charge in [0.15, 0.2) is 0 Å². The van der Waals surface area contributed by atoms with Crippen molar-refractivity contribution in [1.29, 1.82) is 0 Å². The summed E-state index contributed by atoms with van der Waals surface area (Å²) in [5.74, 6) is 0.874. The maximum Gasteiger partial charge on any atom is 0.223 e. The number of nitrogens with zero attached hydrogens (tertiary/aromatic N) is 1. The summed E-state index contributed by atoms with van der Waals surface area (Å²) in [5.41, 5.74) is 3.54. The summed E-state index contributed by atoms with van der Waals surface area (Å²) in [6.07, 6.45) is 3.40. The monoisotopic (exact) mass is 260 g/mol. The van der Waals surface area contributed by atoms with Crippen molar-refractivity contribution in [3.05, 3.63) is 23.8 Å². The van der Waals surface area contributed by atoms with Gasteiger partial charge in [-0.3, -0.25) is 4.79 Å². The van der Waals surface area contributed by atoms with Crippen LogP contribution >= 0.6 is 0 Å². The average Bonchev–Trinajstić information content (AvgIpc) is 2.83. The van der Waals surface area contributed by atoms with E-state index in [1.54, 1.807) is 6.92 Å². The average molecular weight is 260 g/mol.